The van der Waals surface area contributed by atoms with E-state index in [0.717, 1.165) is 16.0 Å². The average Bonchev–Trinajstić information content (AvgIpc) is 3.40. The lowest BCUT2D eigenvalue weighted by Gasteiger charge is -2.34. The van der Waals surface area contributed by atoms with Crippen LogP contribution < -0.4 is 5.32 Å². The molecule has 0 radical (unpaired) electrons. The van der Waals surface area contributed by atoms with Gasteiger partial charge in [-0.05, 0) is 36.3 Å². The van der Waals surface area contributed by atoms with Gasteiger partial charge in [0.2, 0.25) is 0 Å². The molecule has 3 N–H and O–H groups in total. The molecule has 0 fully saturated rings. The number of thiazole rings is 1. The fourth-order valence-corrected chi connectivity index (χ4v) is 4.73. The standard InChI is InChI=1S/C28H35N3O5S/c1-20(2)17-31(28(34)35)23(13-21-9-5-3-6-10-21)15-26(32)25(14-22-11-7-4-8-12-22)30-27(33)36-18-24-16-29-19-37-24/h3-12,16,19-20,23,25-26,32H,13-15,17-18H2,1-2H3,(H,30,33)(H,34,35)/t23-,25-,26-/m0/s1. The van der Waals surface area contributed by atoms with Gasteiger partial charge in [-0.2, -0.15) is 0 Å². The molecule has 198 valence electrons. The largest absolute Gasteiger partial charge is 0.465 e. The monoisotopic (exact) mass is 525 g/mol. The van der Waals surface area contributed by atoms with E-state index in [4.69, 9.17) is 4.74 Å². The topological polar surface area (TPSA) is 112 Å². The Hall–Kier alpha value is -3.43. The van der Waals surface area contributed by atoms with Crippen molar-refractivity contribution < 1.29 is 24.5 Å². The molecular formula is C28H35N3O5S. The molecule has 3 atom stereocenters. The molecule has 3 rings (SSSR count). The summed E-state index contributed by atoms with van der Waals surface area (Å²) in [6, 6.07) is 18.0. The third kappa shape index (κ3) is 9.51. The van der Waals surface area contributed by atoms with Crippen molar-refractivity contribution in [1.29, 1.82) is 0 Å². The lowest BCUT2D eigenvalue weighted by molar-refractivity contribution is 0.0609. The van der Waals surface area contributed by atoms with Gasteiger partial charge in [0.25, 0.3) is 0 Å². The zero-order valence-electron chi connectivity index (χ0n) is 21.2. The van der Waals surface area contributed by atoms with Crippen molar-refractivity contribution in [3.05, 3.63) is 88.4 Å². The molecule has 3 aromatic rings. The Balaban J connectivity index is 1.78. The fourth-order valence-electron chi connectivity index (χ4n) is 4.22. The minimum Gasteiger partial charge on any atom is -0.465 e. The van der Waals surface area contributed by atoms with Gasteiger partial charge < -0.3 is 25.2 Å². The molecule has 2 aromatic carbocycles. The summed E-state index contributed by atoms with van der Waals surface area (Å²) in [6.07, 6.45) is -0.0850. The number of aromatic nitrogens is 1. The zero-order chi connectivity index (χ0) is 26.6. The van der Waals surface area contributed by atoms with Crippen LogP contribution in [0, 0.1) is 5.92 Å². The second-order valence-corrected chi connectivity index (χ2v) is 10.4. The van der Waals surface area contributed by atoms with Gasteiger partial charge in [-0.25, -0.2) is 9.59 Å². The number of hydrogen-bond acceptors (Lipinski definition) is 6. The summed E-state index contributed by atoms with van der Waals surface area (Å²) in [6.45, 7) is 4.35. The number of alkyl carbamates (subject to hydrolysis) is 1. The number of carbonyl (C=O) groups excluding carboxylic acids is 1. The molecule has 0 aliphatic rings. The maximum Gasteiger partial charge on any atom is 0.407 e. The Kier molecular flexibility index (Phi) is 10.9. The van der Waals surface area contributed by atoms with Gasteiger partial charge >= 0.3 is 12.2 Å². The Morgan fingerprint density at radius 3 is 2.19 bits per heavy atom. The van der Waals surface area contributed by atoms with Crippen molar-refractivity contribution in [2.24, 2.45) is 5.92 Å². The summed E-state index contributed by atoms with van der Waals surface area (Å²) in [5.74, 6) is 0.117. The number of rotatable bonds is 13. The Morgan fingerprint density at radius 1 is 1.03 bits per heavy atom. The smallest absolute Gasteiger partial charge is 0.407 e. The number of amides is 2. The van der Waals surface area contributed by atoms with Crippen LogP contribution in [0.3, 0.4) is 0 Å². The predicted octanol–water partition coefficient (Wildman–Crippen LogP) is 4.98. The van der Waals surface area contributed by atoms with Crippen LogP contribution in [0.4, 0.5) is 9.59 Å². The summed E-state index contributed by atoms with van der Waals surface area (Å²) >= 11 is 1.39. The van der Waals surface area contributed by atoms with E-state index >= 15 is 0 Å². The molecule has 0 aliphatic carbocycles. The summed E-state index contributed by atoms with van der Waals surface area (Å²) in [5.41, 5.74) is 3.58. The first-order valence-corrected chi connectivity index (χ1v) is 13.3. The highest BCUT2D eigenvalue weighted by molar-refractivity contribution is 7.09. The highest BCUT2D eigenvalue weighted by Crippen LogP contribution is 2.20. The van der Waals surface area contributed by atoms with Gasteiger partial charge in [0.15, 0.2) is 0 Å². The van der Waals surface area contributed by atoms with Crippen LogP contribution in [-0.2, 0) is 24.2 Å². The van der Waals surface area contributed by atoms with E-state index in [0.29, 0.717) is 19.4 Å². The van der Waals surface area contributed by atoms with Crippen LogP contribution in [0.15, 0.2) is 72.4 Å². The van der Waals surface area contributed by atoms with Crippen LogP contribution in [0.1, 0.15) is 36.3 Å². The molecule has 0 saturated carbocycles. The van der Waals surface area contributed by atoms with Crippen molar-refractivity contribution >= 4 is 23.5 Å². The SMILES string of the molecule is CC(C)CN(C(=O)O)[C@@H](Cc1ccccc1)C[C@H](O)[C@H](Cc1ccccc1)NC(=O)OCc1cncs1. The van der Waals surface area contributed by atoms with Crippen LogP contribution in [0.25, 0.3) is 0 Å². The summed E-state index contributed by atoms with van der Waals surface area (Å²) < 4.78 is 5.35. The molecule has 8 nitrogen and oxygen atoms in total. The van der Waals surface area contributed by atoms with Crippen molar-refractivity contribution in [3.63, 3.8) is 0 Å². The van der Waals surface area contributed by atoms with E-state index in [1.807, 2.05) is 74.5 Å². The first kappa shape index (κ1) is 28.1. The summed E-state index contributed by atoms with van der Waals surface area (Å²) in [5, 5.41) is 24.2. The minimum absolute atomic E-state index is 0.0858. The van der Waals surface area contributed by atoms with Gasteiger partial charge in [0, 0.05) is 18.8 Å². The molecule has 0 aliphatic heterocycles. The van der Waals surface area contributed by atoms with E-state index in [1.54, 1.807) is 11.7 Å². The van der Waals surface area contributed by atoms with Gasteiger partial charge in [0.05, 0.1) is 22.5 Å². The third-order valence-electron chi connectivity index (χ3n) is 5.97. The molecule has 9 heteroatoms. The summed E-state index contributed by atoms with van der Waals surface area (Å²) in [7, 11) is 0. The van der Waals surface area contributed by atoms with Gasteiger partial charge in [0.1, 0.15) is 6.61 Å². The number of carbonyl (C=O) groups is 2. The number of hydrogen-bond donors (Lipinski definition) is 3. The number of ether oxygens (including phenoxy) is 1. The molecule has 1 heterocycles. The van der Waals surface area contributed by atoms with Crippen molar-refractivity contribution in [3.8, 4) is 0 Å². The highest BCUT2D eigenvalue weighted by atomic mass is 32.1. The van der Waals surface area contributed by atoms with E-state index < -0.39 is 30.4 Å². The van der Waals surface area contributed by atoms with E-state index in [9.17, 15) is 19.8 Å². The number of aliphatic hydroxyl groups excluding tert-OH is 1. The fraction of sp³-hybridized carbons (Fsp3) is 0.393. The lowest BCUT2D eigenvalue weighted by Crippen LogP contribution is -2.50. The summed E-state index contributed by atoms with van der Waals surface area (Å²) in [4.78, 5) is 31.1. The third-order valence-corrected chi connectivity index (χ3v) is 6.72. The molecule has 0 unspecified atom stereocenters. The van der Waals surface area contributed by atoms with E-state index in [-0.39, 0.29) is 18.9 Å². The van der Waals surface area contributed by atoms with Crippen LogP contribution in [0.2, 0.25) is 0 Å². The molecule has 1 aromatic heterocycles. The maximum atomic E-state index is 12.6. The van der Waals surface area contributed by atoms with Crippen LogP contribution >= 0.6 is 11.3 Å². The molecule has 0 spiro atoms. The number of carboxylic acid groups (broad SMARTS) is 1. The van der Waals surface area contributed by atoms with E-state index in [2.05, 4.69) is 10.3 Å². The van der Waals surface area contributed by atoms with Gasteiger partial charge in [-0.1, -0.05) is 74.5 Å². The number of benzene rings is 2. The molecule has 0 bridgehead atoms. The normalized spacial score (nSPS) is 13.5. The van der Waals surface area contributed by atoms with Crippen molar-refractivity contribution in [1.82, 2.24) is 15.2 Å². The lowest BCUT2D eigenvalue weighted by atomic mass is 9.92. The Labute approximate surface area is 221 Å². The quantitative estimate of drug-likeness (QED) is 0.290. The van der Waals surface area contributed by atoms with Crippen molar-refractivity contribution in [2.45, 2.75) is 57.9 Å². The van der Waals surface area contributed by atoms with Crippen LogP contribution in [-0.4, -0.2) is 57.0 Å². The van der Waals surface area contributed by atoms with Crippen molar-refractivity contribution in [2.75, 3.05) is 6.54 Å². The molecular weight excluding hydrogens is 490 g/mol. The number of nitrogens with zero attached hydrogens (tertiary/aromatic N) is 2. The van der Waals surface area contributed by atoms with Gasteiger partial charge in [-0.15, -0.1) is 11.3 Å². The predicted molar refractivity (Wildman–Crippen MR) is 143 cm³/mol. The second kappa shape index (κ2) is 14.3. The Morgan fingerprint density at radius 2 is 1.65 bits per heavy atom. The molecule has 2 amide bonds. The van der Waals surface area contributed by atoms with Gasteiger partial charge in [-0.3, -0.25) is 4.98 Å². The maximum absolute atomic E-state index is 12.6. The average molecular weight is 526 g/mol. The second-order valence-electron chi connectivity index (χ2n) is 9.46. The Bertz CT molecular complexity index is 1080. The van der Waals surface area contributed by atoms with E-state index in [1.165, 1.54) is 16.2 Å². The number of aliphatic hydroxyl groups is 1. The molecule has 0 saturated heterocycles. The zero-order valence-corrected chi connectivity index (χ0v) is 22.0. The first-order chi connectivity index (χ1) is 17.8. The molecule has 37 heavy (non-hydrogen) atoms. The van der Waals surface area contributed by atoms with Crippen LogP contribution in [0.5, 0.6) is 0 Å². The first-order valence-electron chi connectivity index (χ1n) is 12.4. The minimum atomic E-state index is -1.03. The number of nitrogens with one attached hydrogen (secondary N) is 1. The highest BCUT2D eigenvalue weighted by Gasteiger charge is 2.31.